The summed E-state index contributed by atoms with van der Waals surface area (Å²) in [5, 5.41) is 39.1. The van der Waals surface area contributed by atoms with Crippen LogP contribution in [0.2, 0.25) is 0 Å². The van der Waals surface area contributed by atoms with Crippen LogP contribution in [0.4, 0.5) is 0 Å². The fourth-order valence-corrected chi connectivity index (χ4v) is 10.5. The molecular formula is C52H81N3O14. The van der Waals surface area contributed by atoms with Gasteiger partial charge in [0.15, 0.2) is 18.7 Å². The van der Waals surface area contributed by atoms with Crippen LogP contribution in [0, 0.1) is 17.8 Å². The number of rotatable bonds is 13. The normalized spacial score (nSPS) is 39.9. The summed E-state index contributed by atoms with van der Waals surface area (Å²) in [5.74, 6) is -4.68. The summed E-state index contributed by atoms with van der Waals surface area (Å²) in [5.41, 5.74) is -2.58. The third-order valence-corrected chi connectivity index (χ3v) is 14.8. The van der Waals surface area contributed by atoms with Crippen LogP contribution in [0.1, 0.15) is 113 Å². The molecule has 2 aromatic rings. The van der Waals surface area contributed by atoms with Gasteiger partial charge in [-0.3, -0.25) is 19.4 Å². The van der Waals surface area contributed by atoms with Crippen LogP contribution in [0.15, 0.2) is 42.6 Å². The molecule has 1 aromatic heterocycles. The summed E-state index contributed by atoms with van der Waals surface area (Å²) in [7, 11) is 6.81. The van der Waals surface area contributed by atoms with Crippen LogP contribution >= 0.6 is 0 Å². The Labute approximate surface area is 408 Å². The number of methoxy groups -OCH3 is 2. The van der Waals surface area contributed by atoms with E-state index in [9.17, 15) is 29.7 Å². The number of cyclic esters (lactones) is 1. The summed E-state index contributed by atoms with van der Waals surface area (Å²) < 4.78 is 51.4. The second-order valence-electron chi connectivity index (χ2n) is 20.6. The molecule has 1 amide bonds. The number of benzene rings is 1. The van der Waals surface area contributed by atoms with Crippen LogP contribution in [0.5, 0.6) is 0 Å². The first-order chi connectivity index (χ1) is 32.4. The summed E-state index contributed by atoms with van der Waals surface area (Å²) in [6.07, 6.45) is -3.01. The third-order valence-electron chi connectivity index (χ3n) is 14.8. The minimum atomic E-state index is -2.03. The summed E-state index contributed by atoms with van der Waals surface area (Å²) in [6, 6.07) is 9.01. The number of hydrogen-bond acceptors (Lipinski definition) is 16. The Morgan fingerprint density at radius 2 is 1.61 bits per heavy atom. The molecule has 3 saturated heterocycles. The highest BCUT2D eigenvalue weighted by molar-refractivity contribution is 5.81. The number of nitrogens with one attached hydrogen (secondary N) is 1. The molecule has 17 heteroatoms. The van der Waals surface area contributed by atoms with Crippen molar-refractivity contribution in [2.45, 2.75) is 198 Å². The van der Waals surface area contributed by atoms with Crippen molar-refractivity contribution in [3.63, 3.8) is 0 Å². The first-order valence-corrected chi connectivity index (χ1v) is 24.6. The molecule has 0 bridgehead atoms. The number of carbonyl (C=O) groups excluding carboxylic acids is 3. The number of hydrogen-bond donors (Lipinski definition) is 4. The van der Waals surface area contributed by atoms with Gasteiger partial charge >= 0.3 is 11.9 Å². The van der Waals surface area contributed by atoms with E-state index in [0.717, 1.165) is 16.5 Å². The highest BCUT2D eigenvalue weighted by Gasteiger charge is 2.54. The van der Waals surface area contributed by atoms with Gasteiger partial charge in [-0.05, 0) is 106 Å². The number of esters is 2. The quantitative estimate of drug-likeness (QED) is 0.187. The van der Waals surface area contributed by atoms with Crippen molar-refractivity contribution in [3.8, 4) is 0 Å². The maximum absolute atomic E-state index is 14.6. The van der Waals surface area contributed by atoms with Crippen molar-refractivity contribution < 1.29 is 67.6 Å². The fourth-order valence-electron chi connectivity index (χ4n) is 10.5. The Morgan fingerprint density at radius 3 is 2.26 bits per heavy atom. The number of fused-ring (bicyclic) bond motifs is 1. The molecule has 4 heterocycles. The minimum Gasteiger partial charge on any atom is -0.459 e. The Hall–Kier alpha value is -3.62. The van der Waals surface area contributed by atoms with Crippen LogP contribution in [-0.4, -0.2) is 162 Å². The zero-order chi connectivity index (χ0) is 51.2. The number of likely N-dealkylation sites (N-methyl/N-ethyl adjacent to an activating group) is 1. The largest absolute Gasteiger partial charge is 0.459 e. The molecule has 0 radical (unpaired) electrons. The van der Waals surface area contributed by atoms with Crippen LogP contribution in [0.25, 0.3) is 17.0 Å². The Balaban J connectivity index is 1.46. The van der Waals surface area contributed by atoms with Gasteiger partial charge in [-0.15, -0.1) is 0 Å². The van der Waals surface area contributed by atoms with E-state index in [4.69, 9.17) is 37.9 Å². The highest BCUT2D eigenvalue weighted by Crippen LogP contribution is 2.41. The van der Waals surface area contributed by atoms with E-state index >= 15 is 0 Å². The molecular weight excluding hydrogens is 891 g/mol. The molecule has 388 valence electrons. The van der Waals surface area contributed by atoms with Gasteiger partial charge < -0.3 is 63.4 Å². The van der Waals surface area contributed by atoms with Gasteiger partial charge in [-0.2, -0.15) is 0 Å². The molecule has 69 heavy (non-hydrogen) atoms. The lowest BCUT2D eigenvalue weighted by Gasteiger charge is -2.50. The Kier molecular flexibility index (Phi) is 19.4. The van der Waals surface area contributed by atoms with Crippen molar-refractivity contribution in [1.82, 2.24) is 15.2 Å². The number of nitrogens with zero attached hydrogens (tertiary/aromatic N) is 2. The van der Waals surface area contributed by atoms with E-state index in [1.54, 1.807) is 33.9 Å². The number of aromatic nitrogens is 1. The molecule has 0 aliphatic carbocycles. The van der Waals surface area contributed by atoms with E-state index in [0.29, 0.717) is 12.8 Å². The highest BCUT2D eigenvalue weighted by atomic mass is 16.7. The third kappa shape index (κ3) is 13.3. The first kappa shape index (κ1) is 56.3. The molecule has 4 N–H and O–H groups in total. The molecule has 17 nitrogen and oxygen atoms in total. The number of allylic oxidation sites excluding steroid dienone is 1. The van der Waals surface area contributed by atoms with Gasteiger partial charge in [-0.25, -0.2) is 0 Å². The van der Waals surface area contributed by atoms with Crippen molar-refractivity contribution >= 4 is 34.8 Å². The number of aliphatic hydroxyl groups excluding tert-OH is 2. The van der Waals surface area contributed by atoms with E-state index in [-0.39, 0.29) is 37.8 Å². The van der Waals surface area contributed by atoms with E-state index in [2.05, 4.69) is 10.3 Å². The van der Waals surface area contributed by atoms with Crippen molar-refractivity contribution in [1.29, 1.82) is 0 Å². The van der Waals surface area contributed by atoms with Gasteiger partial charge in [0.25, 0.3) is 0 Å². The molecule has 0 spiro atoms. The lowest BCUT2D eigenvalue weighted by Crippen LogP contribution is -2.61. The van der Waals surface area contributed by atoms with Crippen LogP contribution in [0.3, 0.4) is 0 Å². The lowest BCUT2D eigenvalue weighted by molar-refractivity contribution is -0.320. The van der Waals surface area contributed by atoms with Crippen LogP contribution < -0.4 is 5.32 Å². The lowest BCUT2D eigenvalue weighted by atomic mass is 9.78. The predicted molar refractivity (Wildman–Crippen MR) is 258 cm³/mol. The molecule has 3 fully saturated rings. The molecule has 5 rings (SSSR count). The van der Waals surface area contributed by atoms with Crippen molar-refractivity contribution in [2.24, 2.45) is 17.8 Å². The van der Waals surface area contributed by atoms with E-state index < -0.39 is 114 Å². The van der Waals surface area contributed by atoms with Crippen LogP contribution in [-0.2, 0) is 52.3 Å². The van der Waals surface area contributed by atoms with Crippen molar-refractivity contribution in [2.75, 3.05) is 28.3 Å². The number of pyridine rings is 1. The summed E-state index contributed by atoms with van der Waals surface area (Å²) >= 11 is 0. The standard InChI is InChI=1S/C52H81N3O14/c1-15-39-52(10,61)44(58)33(6)47(59)54-29(2)26-50(8,62-13)45(69-49-42(57)38(55(11)12)24-30(3)64-49)31(4)43(32(5)48(60)66-39)68-41-27-51(9,63-14)46(34(7)65-41)67-40(56)23-19-16-20-35-25-36-21-17-18-22-37(36)53-28-35/h16-18,20-22,25,28-34,38-39,41-46,49,57-58,61H,15,19,23-24,26-27H2,1-14H3,(H,54,59)/b20-16+/t29-,30-,31+,32-,33-,34+,38+,39-,41+,42-,43-,44-,45-,46+,49+,50+,51-,52-/m1/s1. The summed E-state index contributed by atoms with van der Waals surface area (Å²) in [4.78, 5) is 48.1. The maximum atomic E-state index is 14.6. The first-order valence-electron chi connectivity index (χ1n) is 24.6. The summed E-state index contributed by atoms with van der Waals surface area (Å²) in [6.45, 7) is 17.2. The second-order valence-corrected chi connectivity index (χ2v) is 20.6. The van der Waals surface area contributed by atoms with Gasteiger partial charge in [0.05, 0.1) is 53.5 Å². The Morgan fingerprint density at radius 1 is 0.942 bits per heavy atom. The average molecular weight is 972 g/mol. The van der Waals surface area contributed by atoms with Gasteiger partial charge in [0.2, 0.25) is 5.91 Å². The molecule has 0 saturated carbocycles. The maximum Gasteiger partial charge on any atom is 0.311 e. The average Bonchev–Trinajstić information content (AvgIpc) is 3.30. The molecule has 0 unspecified atom stereocenters. The molecule has 3 aliphatic heterocycles. The second kappa shape index (κ2) is 23.7. The van der Waals surface area contributed by atoms with Crippen molar-refractivity contribution in [3.05, 3.63) is 48.2 Å². The number of ether oxygens (including phenoxy) is 8. The van der Waals surface area contributed by atoms with Gasteiger partial charge in [-0.1, -0.05) is 51.1 Å². The predicted octanol–water partition coefficient (Wildman–Crippen LogP) is 5.33. The fraction of sp³-hybridized carbons (Fsp3) is 0.731. The smallest absolute Gasteiger partial charge is 0.311 e. The minimum absolute atomic E-state index is 0.0740. The van der Waals surface area contributed by atoms with Gasteiger partial charge in [0.1, 0.15) is 23.4 Å². The van der Waals surface area contributed by atoms with E-state index in [1.165, 1.54) is 28.1 Å². The molecule has 1 aromatic carbocycles. The number of aliphatic hydroxyl groups is 3. The molecule has 3 aliphatic rings. The monoisotopic (exact) mass is 972 g/mol. The number of para-hydroxylation sites is 1. The zero-order valence-electron chi connectivity index (χ0n) is 43.2. The zero-order valence-corrected chi connectivity index (χ0v) is 43.2. The van der Waals surface area contributed by atoms with Gasteiger partial charge in [0, 0.05) is 56.6 Å². The van der Waals surface area contributed by atoms with E-state index in [1.807, 2.05) is 89.2 Å². The Bertz CT molecular complexity index is 2050. The topological polar surface area (TPSA) is 214 Å². The SMILES string of the molecule is CC[C@H]1OC(=O)[C@H](C)[C@H](O[C@H]2C[C@@](C)(OC)[C@@H](OC(=O)CC/C=C/c3cnc4ccccc4c3)[C@H](C)O2)[C@H](C)[C@@H](O[C@@H]2O[C@H](C)C[C@H](N(C)C)[C@H]2O)[C@@](C)(OC)C[C@@H](C)NC(=O)[C@H](C)[C@@H](O)[C@]1(C)O. The molecule has 18 atom stereocenters. The number of carbonyl (C=O) groups is 3. The number of amides is 1.